The molecule has 1 unspecified atom stereocenters. The molecule has 1 aliphatic heterocycles. The predicted molar refractivity (Wildman–Crippen MR) is 79.7 cm³/mol. The average Bonchev–Trinajstić information content (AvgIpc) is 3.07. The van der Waals surface area contributed by atoms with Crippen LogP contribution >= 0.6 is 0 Å². The minimum Gasteiger partial charge on any atom is -0.381 e. The fourth-order valence-electron chi connectivity index (χ4n) is 2.82. The Morgan fingerprint density at radius 3 is 2.86 bits per heavy atom. The van der Waals surface area contributed by atoms with Crippen LogP contribution in [0, 0.1) is 0 Å². The van der Waals surface area contributed by atoms with E-state index in [2.05, 4.69) is 20.1 Å². The van der Waals surface area contributed by atoms with Crippen molar-refractivity contribution in [3.8, 4) is 11.4 Å². The average molecular weight is 301 g/mol. The molecule has 2 fully saturated rings. The van der Waals surface area contributed by atoms with E-state index in [1.807, 2.05) is 6.92 Å². The van der Waals surface area contributed by atoms with Crippen molar-refractivity contribution in [2.45, 2.75) is 44.6 Å². The molecule has 116 valence electrons. The highest BCUT2D eigenvalue weighted by molar-refractivity contribution is 5.52. The summed E-state index contributed by atoms with van der Waals surface area (Å²) in [5, 5.41) is 4.54. The number of aromatic amines is 1. The molecule has 0 aromatic carbocycles. The Bertz CT molecular complexity index is 741. The quantitative estimate of drug-likeness (QED) is 0.923. The van der Waals surface area contributed by atoms with Gasteiger partial charge in [-0.1, -0.05) is 0 Å². The second-order valence-corrected chi connectivity index (χ2v) is 5.96. The molecule has 4 rings (SSSR count). The summed E-state index contributed by atoms with van der Waals surface area (Å²) in [4.78, 5) is 24.3. The van der Waals surface area contributed by atoms with Gasteiger partial charge < -0.3 is 9.72 Å². The molecule has 1 N–H and O–H groups in total. The van der Waals surface area contributed by atoms with E-state index in [4.69, 9.17) is 4.74 Å². The summed E-state index contributed by atoms with van der Waals surface area (Å²) >= 11 is 0. The molecule has 0 bridgehead atoms. The van der Waals surface area contributed by atoms with Gasteiger partial charge in [0.25, 0.3) is 5.56 Å². The maximum Gasteiger partial charge on any atom is 0.261 e. The normalized spacial score (nSPS) is 21.4. The molecule has 2 aromatic heterocycles. The molecule has 1 saturated heterocycles. The van der Waals surface area contributed by atoms with Crippen LogP contribution in [0.1, 0.15) is 49.7 Å². The van der Waals surface area contributed by atoms with Gasteiger partial charge >= 0.3 is 0 Å². The molecule has 0 spiro atoms. The second-order valence-electron chi connectivity index (χ2n) is 5.96. The van der Waals surface area contributed by atoms with Crippen LogP contribution in [0.2, 0.25) is 0 Å². The Balaban J connectivity index is 1.73. The molecule has 3 heterocycles. The topological polar surface area (TPSA) is 85.7 Å². The molecule has 1 atom stereocenters. The largest absolute Gasteiger partial charge is 0.381 e. The Kier molecular flexibility index (Phi) is 3.29. The van der Waals surface area contributed by atoms with Crippen molar-refractivity contribution in [1.29, 1.82) is 0 Å². The third-order valence-corrected chi connectivity index (χ3v) is 4.31. The number of nitrogens with zero attached hydrogens (tertiary/aromatic N) is 4. The van der Waals surface area contributed by atoms with Crippen LogP contribution in [0.5, 0.6) is 0 Å². The zero-order valence-corrected chi connectivity index (χ0v) is 12.6. The Hall–Kier alpha value is -2.02. The number of nitrogens with one attached hydrogen (secondary N) is 1. The molecule has 1 aliphatic carbocycles. The van der Waals surface area contributed by atoms with Crippen LogP contribution in [0.25, 0.3) is 11.4 Å². The molecule has 22 heavy (non-hydrogen) atoms. The number of ether oxygens (including phenoxy) is 1. The van der Waals surface area contributed by atoms with E-state index in [0.717, 1.165) is 37.5 Å². The van der Waals surface area contributed by atoms with Crippen LogP contribution in [0.15, 0.2) is 11.0 Å². The second kappa shape index (κ2) is 5.31. The minimum atomic E-state index is -0.131. The van der Waals surface area contributed by atoms with Gasteiger partial charge in [0.2, 0.25) is 0 Å². The van der Waals surface area contributed by atoms with Crippen molar-refractivity contribution in [3.05, 3.63) is 28.2 Å². The number of hydrogen-bond donors (Lipinski definition) is 1. The highest BCUT2D eigenvalue weighted by Gasteiger charge is 2.28. The molecular weight excluding hydrogens is 282 g/mol. The van der Waals surface area contributed by atoms with Crippen molar-refractivity contribution < 1.29 is 4.74 Å². The first kappa shape index (κ1) is 13.6. The van der Waals surface area contributed by atoms with E-state index in [1.165, 1.54) is 0 Å². The highest BCUT2D eigenvalue weighted by Crippen LogP contribution is 2.37. The third kappa shape index (κ3) is 2.35. The molecule has 2 aromatic rings. The van der Waals surface area contributed by atoms with E-state index in [-0.39, 0.29) is 11.5 Å². The summed E-state index contributed by atoms with van der Waals surface area (Å²) in [7, 11) is 0. The molecule has 0 amide bonds. The Labute approximate surface area is 127 Å². The molecule has 7 nitrogen and oxygen atoms in total. The van der Waals surface area contributed by atoms with Crippen molar-refractivity contribution >= 4 is 0 Å². The number of rotatable bonds is 4. The van der Waals surface area contributed by atoms with Gasteiger partial charge in [-0.25, -0.2) is 14.6 Å². The molecule has 2 aliphatic rings. The van der Waals surface area contributed by atoms with Gasteiger partial charge in [0.05, 0.1) is 6.61 Å². The summed E-state index contributed by atoms with van der Waals surface area (Å²) in [5.41, 5.74) is 0.358. The third-order valence-electron chi connectivity index (χ3n) is 4.31. The van der Waals surface area contributed by atoms with Crippen LogP contribution in [0.3, 0.4) is 0 Å². The van der Waals surface area contributed by atoms with Gasteiger partial charge in [0, 0.05) is 31.2 Å². The minimum absolute atomic E-state index is 0.131. The van der Waals surface area contributed by atoms with Crippen molar-refractivity contribution in [2.24, 2.45) is 0 Å². The Morgan fingerprint density at radius 1 is 1.36 bits per heavy atom. The molecule has 1 saturated carbocycles. The summed E-state index contributed by atoms with van der Waals surface area (Å²) in [6.07, 6.45) is 4.79. The van der Waals surface area contributed by atoms with Crippen LogP contribution < -0.4 is 5.56 Å². The summed E-state index contributed by atoms with van der Waals surface area (Å²) < 4.78 is 7.18. The summed E-state index contributed by atoms with van der Waals surface area (Å²) in [6, 6.07) is 0. The Morgan fingerprint density at radius 2 is 2.23 bits per heavy atom. The van der Waals surface area contributed by atoms with Crippen LogP contribution in [0.4, 0.5) is 0 Å². The van der Waals surface area contributed by atoms with Crippen molar-refractivity contribution in [2.75, 3.05) is 13.2 Å². The fraction of sp³-hybridized carbons (Fsp3) is 0.600. The SMILES string of the molecule is CCn1nc(C2CCOC2)nc1-c1cnc(C2CC2)[nH]c1=O. The zero-order chi connectivity index (χ0) is 15.1. The molecule has 7 heteroatoms. The maximum atomic E-state index is 12.4. The van der Waals surface area contributed by atoms with Gasteiger partial charge in [0.1, 0.15) is 11.4 Å². The number of aromatic nitrogens is 5. The number of hydrogen-bond acceptors (Lipinski definition) is 5. The smallest absolute Gasteiger partial charge is 0.261 e. The zero-order valence-electron chi connectivity index (χ0n) is 12.6. The first-order chi connectivity index (χ1) is 10.8. The molecule has 0 radical (unpaired) electrons. The lowest BCUT2D eigenvalue weighted by atomic mass is 10.1. The van der Waals surface area contributed by atoms with Gasteiger partial charge in [-0.15, -0.1) is 0 Å². The van der Waals surface area contributed by atoms with E-state index >= 15 is 0 Å². The number of aryl methyl sites for hydroxylation is 1. The first-order valence-corrected chi connectivity index (χ1v) is 7.88. The predicted octanol–water partition coefficient (Wildman–Crippen LogP) is 1.43. The van der Waals surface area contributed by atoms with Gasteiger partial charge in [-0.3, -0.25) is 4.79 Å². The van der Waals surface area contributed by atoms with E-state index in [0.29, 0.717) is 30.5 Å². The standard InChI is InChI=1S/C15H19N5O2/c1-2-20-14(17-13(19-20)10-5-6-22-8-10)11-7-16-12(9-3-4-9)18-15(11)21/h7,9-10H,2-6,8H2,1H3,(H,16,18,21). The maximum absolute atomic E-state index is 12.4. The monoisotopic (exact) mass is 301 g/mol. The van der Waals surface area contributed by atoms with Crippen LogP contribution in [-0.4, -0.2) is 37.9 Å². The summed E-state index contributed by atoms with van der Waals surface area (Å²) in [5.74, 6) is 2.81. The van der Waals surface area contributed by atoms with Crippen molar-refractivity contribution in [3.63, 3.8) is 0 Å². The fourth-order valence-corrected chi connectivity index (χ4v) is 2.82. The lowest BCUT2D eigenvalue weighted by molar-refractivity contribution is 0.193. The highest BCUT2D eigenvalue weighted by atomic mass is 16.5. The summed E-state index contributed by atoms with van der Waals surface area (Å²) in [6.45, 7) is 4.06. The lowest BCUT2D eigenvalue weighted by Crippen LogP contribution is -2.15. The van der Waals surface area contributed by atoms with Gasteiger partial charge in [-0.2, -0.15) is 5.10 Å². The first-order valence-electron chi connectivity index (χ1n) is 7.88. The van der Waals surface area contributed by atoms with E-state index in [9.17, 15) is 4.79 Å². The molecular formula is C15H19N5O2. The van der Waals surface area contributed by atoms with Gasteiger partial charge in [0.15, 0.2) is 11.6 Å². The number of H-pyrrole nitrogens is 1. The lowest BCUT2D eigenvalue weighted by Gasteiger charge is -2.03. The van der Waals surface area contributed by atoms with Crippen molar-refractivity contribution in [1.82, 2.24) is 24.7 Å². The van der Waals surface area contributed by atoms with E-state index in [1.54, 1.807) is 10.9 Å². The van der Waals surface area contributed by atoms with E-state index < -0.39 is 0 Å². The van der Waals surface area contributed by atoms with Gasteiger partial charge in [-0.05, 0) is 26.2 Å². The van der Waals surface area contributed by atoms with Crippen LogP contribution in [-0.2, 0) is 11.3 Å².